The third-order valence-corrected chi connectivity index (χ3v) is 2.16. The smallest absolute Gasteiger partial charge is 0.115 e. The van der Waals surface area contributed by atoms with E-state index in [4.69, 9.17) is 10.8 Å². The standard InChI is InChI=1S/C9H11NO/c10-9-5-8(9)6-1-3-7(11)4-2-6/h1-4,8-9,11H,5,10H2/t8?,9-/m0/s1. The van der Waals surface area contributed by atoms with Crippen molar-refractivity contribution in [3.05, 3.63) is 29.8 Å². The molecule has 0 bridgehead atoms. The Morgan fingerprint density at radius 2 is 1.82 bits per heavy atom. The van der Waals surface area contributed by atoms with Crippen molar-refractivity contribution in [2.24, 2.45) is 5.73 Å². The van der Waals surface area contributed by atoms with Gasteiger partial charge in [0.25, 0.3) is 0 Å². The number of phenolic OH excluding ortho intramolecular Hbond substituents is 1. The Bertz CT molecular complexity index is 255. The third kappa shape index (κ3) is 1.21. The highest BCUT2D eigenvalue weighted by molar-refractivity contribution is 5.32. The second-order valence-electron chi connectivity index (χ2n) is 3.10. The van der Waals surface area contributed by atoms with E-state index in [9.17, 15) is 0 Å². The number of hydrogen-bond acceptors (Lipinski definition) is 2. The van der Waals surface area contributed by atoms with Gasteiger partial charge in [-0.05, 0) is 24.1 Å². The molecule has 58 valence electrons. The summed E-state index contributed by atoms with van der Waals surface area (Å²) in [6.07, 6.45) is 1.09. The lowest BCUT2D eigenvalue weighted by molar-refractivity contribution is 0.475. The van der Waals surface area contributed by atoms with Crippen LogP contribution in [0.4, 0.5) is 0 Å². The molecule has 11 heavy (non-hydrogen) atoms. The fourth-order valence-electron chi connectivity index (χ4n) is 1.32. The normalized spacial score (nSPS) is 28.5. The molecule has 1 saturated carbocycles. The van der Waals surface area contributed by atoms with E-state index in [0.29, 0.717) is 17.7 Å². The zero-order chi connectivity index (χ0) is 7.84. The van der Waals surface area contributed by atoms with Gasteiger partial charge in [0.1, 0.15) is 5.75 Å². The van der Waals surface area contributed by atoms with Gasteiger partial charge in [-0.15, -0.1) is 0 Å². The monoisotopic (exact) mass is 149 g/mol. The number of nitrogens with two attached hydrogens (primary N) is 1. The fraction of sp³-hybridized carbons (Fsp3) is 0.333. The van der Waals surface area contributed by atoms with E-state index < -0.39 is 0 Å². The summed E-state index contributed by atoms with van der Waals surface area (Å²) in [5.74, 6) is 0.860. The van der Waals surface area contributed by atoms with Crippen LogP contribution in [0.5, 0.6) is 5.75 Å². The summed E-state index contributed by atoms with van der Waals surface area (Å²) in [5.41, 5.74) is 6.92. The van der Waals surface area contributed by atoms with Gasteiger partial charge in [0.2, 0.25) is 0 Å². The van der Waals surface area contributed by atoms with Gasteiger partial charge in [-0.3, -0.25) is 0 Å². The molecule has 0 aliphatic heterocycles. The molecule has 0 radical (unpaired) electrons. The van der Waals surface area contributed by atoms with Gasteiger partial charge in [0, 0.05) is 12.0 Å². The van der Waals surface area contributed by atoms with Crippen LogP contribution < -0.4 is 5.73 Å². The molecular formula is C9H11NO. The van der Waals surface area contributed by atoms with Gasteiger partial charge in [0.15, 0.2) is 0 Å². The number of phenols is 1. The lowest BCUT2D eigenvalue weighted by atomic mass is 10.1. The summed E-state index contributed by atoms with van der Waals surface area (Å²) in [5, 5.41) is 8.99. The molecule has 0 amide bonds. The summed E-state index contributed by atoms with van der Waals surface area (Å²) in [4.78, 5) is 0. The van der Waals surface area contributed by atoms with Crippen LogP contribution in [-0.4, -0.2) is 11.1 Å². The Hall–Kier alpha value is -1.02. The molecule has 0 saturated heterocycles. The van der Waals surface area contributed by atoms with Gasteiger partial charge in [-0.2, -0.15) is 0 Å². The van der Waals surface area contributed by atoms with Crippen molar-refractivity contribution in [1.29, 1.82) is 0 Å². The Morgan fingerprint density at radius 3 is 2.27 bits per heavy atom. The van der Waals surface area contributed by atoms with Crippen LogP contribution in [0.15, 0.2) is 24.3 Å². The summed E-state index contributed by atoms with van der Waals surface area (Å²) in [6.45, 7) is 0. The maximum Gasteiger partial charge on any atom is 0.115 e. The van der Waals surface area contributed by atoms with Gasteiger partial charge in [-0.1, -0.05) is 12.1 Å². The van der Waals surface area contributed by atoms with Crippen LogP contribution in [0, 0.1) is 0 Å². The molecule has 0 heterocycles. The molecule has 2 rings (SSSR count). The first-order valence-corrected chi connectivity index (χ1v) is 3.82. The molecule has 0 spiro atoms. The van der Waals surface area contributed by atoms with E-state index in [2.05, 4.69) is 0 Å². The van der Waals surface area contributed by atoms with Crippen molar-refractivity contribution in [1.82, 2.24) is 0 Å². The largest absolute Gasteiger partial charge is 0.508 e. The molecule has 2 atom stereocenters. The van der Waals surface area contributed by atoms with Crippen molar-refractivity contribution in [3.63, 3.8) is 0 Å². The molecule has 3 N–H and O–H groups in total. The fourth-order valence-corrected chi connectivity index (χ4v) is 1.32. The molecule has 0 aromatic heterocycles. The first kappa shape index (κ1) is 6.68. The highest BCUT2D eigenvalue weighted by Gasteiger charge is 2.34. The van der Waals surface area contributed by atoms with Crippen LogP contribution in [0.1, 0.15) is 17.9 Å². The van der Waals surface area contributed by atoms with Crippen molar-refractivity contribution >= 4 is 0 Å². The summed E-state index contributed by atoms with van der Waals surface area (Å²) in [7, 11) is 0. The van der Waals surface area contributed by atoms with Crippen LogP contribution in [0.3, 0.4) is 0 Å². The molecule has 1 fully saturated rings. The summed E-state index contributed by atoms with van der Waals surface area (Å²) in [6, 6.07) is 7.64. The Balaban J connectivity index is 2.21. The van der Waals surface area contributed by atoms with Crippen molar-refractivity contribution in [2.75, 3.05) is 0 Å². The van der Waals surface area contributed by atoms with E-state index >= 15 is 0 Å². The van der Waals surface area contributed by atoms with E-state index in [1.54, 1.807) is 12.1 Å². The summed E-state index contributed by atoms with van der Waals surface area (Å²) < 4.78 is 0. The highest BCUT2D eigenvalue weighted by Crippen LogP contribution is 2.39. The lowest BCUT2D eigenvalue weighted by Gasteiger charge is -1.97. The van der Waals surface area contributed by atoms with Gasteiger partial charge in [-0.25, -0.2) is 0 Å². The minimum atomic E-state index is 0.322. The maximum absolute atomic E-state index is 8.99. The molecule has 1 aromatic rings. The molecule has 2 heteroatoms. The second-order valence-corrected chi connectivity index (χ2v) is 3.10. The van der Waals surface area contributed by atoms with E-state index in [1.165, 1.54) is 5.56 Å². The first-order valence-electron chi connectivity index (χ1n) is 3.82. The maximum atomic E-state index is 8.99. The van der Waals surface area contributed by atoms with Gasteiger partial charge in [0.05, 0.1) is 0 Å². The third-order valence-electron chi connectivity index (χ3n) is 2.16. The molecule has 2 nitrogen and oxygen atoms in total. The predicted octanol–water partition coefficient (Wildman–Crippen LogP) is 1.21. The highest BCUT2D eigenvalue weighted by atomic mass is 16.3. The van der Waals surface area contributed by atoms with Gasteiger partial charge >= 0.3 is 0 Å². The Kier molecular flexibility index (Phi) is 1.36. The minimum absolute atomic E-state index is 0.322. The molecule has 1 aromatic carbocycles. The molecule has 1 aliphatic rings. The van der Waals surface area contributed by atoms with E-state index in [1.807, 2.05) is 12.1 Å². The summed E-state index contributed by atoms with van der Waals surface area (Å²) >= 11 is 0. The predicted molar refractivity (Wildman–Crippen MR) is 43.4 cm³/mol. The number of rotatable bonds is 1. The van der Waals surface area contributed by atoms with Crippen molar-refractivity contribution < 1.29 is 5.11 Å². The van der Waals surface area contributed by atoms with Crippen molar-refractivity contribution in [2.45, 2.75) is 18.4 Å². The zero-order valence-electron chi connectivity index (χ0n) is 6.20. The SMILES string of the molecule is N[C@H]1CC1c1ccc(O)cc1. The topological polar surface area (TPSA) is 46.2 Å². The Labute approximate surface area is 65.7 Å². The number of benzene rings is 1. The first-order chi connectivity index (χ1) is 5.27. The zero-order valence-corrected chi connectivity index (χ0v) is 6.20. The average Bonchev–Trinajstić information content (AvgIpc) is 2.69. The molecular weight excluding hydrogens is 138 g/mol. The van der Waals surface area contributed by atoms with Crippen molar-refractivity contribution in [3.8, 4) is 5.75 Å². The average molecular weight is 149 g/mol. The van der Waals surface area contributed by atoms with Crippen LogP contribution in [0.2, 0.25) is 0 Å². The number of hydrogen-bond donors (Lipinski definition) is 2. The quantitative estimate of drug-likeness (QED) is 0.630. The number of aromatic hydroxyl groups is 1. The second kappa shape index (κ2) is 2.24. The van der Waals surface area contributed by atoms with Gasteiger partial charge < -0.3 is 10.8 Å². The van der Waals surface area contributed by atoms with Crippen LogP contribution >= 0.6 is 0 Å². The molecule has 1 unspecified atom stereocenters. The molecule has 1 aliphatic carbocycles. The van der Waals surface area contributed by atoms with Crippen LogP contribution in [-0.2, 0) is 0 Å². The van der Waals surface area contributed by atoms with E-state index in [0.717, 1.165) is 6.42 Å². The van der Waals surface area contributed by atoms with E-state index in [-0.39, 0.29) is 0 Å². The Morgan fingerprint density at radius 1 is 1.27 bits per heavy atom. The lowest BCUT2D eigenvalue weighted by Crippen LogP contribution is -2.00. The van der Waals surface area contributed by atoms with Crippen LogP contribution in [0.25, 0.3) is 0 Å². The minimum Gasteiger partial charge on any atom is -0.508 e.